The van der Waals surface area contributed by atoms with Gasteiger partial charge < -0.3 is 19.2 Å². The maximum atomic E-state index is 8.86. The Labute approximate surface area is 248 Å². The molecule has 1 aliphatic rings. The lowest BCUT2D eigenvalue weighted by Gasteiger charge is -2.33. The van der Waals surface area contributed by atoms with E-state index in [0.29, 0.717) is 47.1 Å². The minimum Gasteiger partial charge on any atom is -0.497 e. The third-order valence-electron chi connectivity index (χ3n) is 8.01. The molecule has 4 aromatic heterocycles. The number of hydrogen-bond acceptors (Lipinski definition) is 10. The van der Waals surface area contributed by atoms with Crippen LogP contribution in [0.2, 0.25) is 0 Å². The molecule has 4 heterocycles. The van der Waals surface area contributed by atoms with E-state index in [4.69, 9.17) is 34.5 Å². The lowest BCUT2D eigenvalue weighted by molar-refractivity contribution is 0.332. The smallest absolute Gasteiger partial charge is 0.245 e. The number of ether oxygens (including phenoxy) is 2. The summed E-state index contributed by atoms with van der Waals surface area (Å²) in [4.78, 5) is 21.8. The highest BCUT2D eigenvalue weighted by molar-refractivity contribution is 5.66. The summed E-state index contributed by atoms with van der Waals surface area (Å²) in [6, 6.07) is 9.69. The van der Waals surface area contributed by atoms with E-state index >= 15 is 0 Å². The number of aryl methyl sites for hydroxylation is 1. The topological polar surface area (TPSA) is 161 Å². The molecule has 220 valence electrons. The predicted molar refractivity (Wildman–Crippen MR) is 159 cm³/mol. The second kappa shape index (κ2) is 11.3. The second-order valence-electron chi connectivity index (χ2n) is 11.1. The van der Waals surface area contributed by atoms with Gasteiger partial charge in [-0.25, -0.2) is 15.0 Å². The molecule has 0 saturated heterocycles. The summed E-state index contributed by atoms with van der Waals surface area (Å²) < 4.78 is 18.3. The van der Waals surface area contributed by atoms with Crippen LogP contribution in [-0.2, 0) is 12.1 Å². The molecule has 1 saturated carbocycles. The predicted octanol–water partition coefficient (Wildman–Crippen LogP) is 6.32. The maximum absolute atomic E-state index is 8.86. The summed E-state index contributed by atoms with van der Waals surface area (Å²) in [5.74, 6) is 3.59. The Morgan fingerprint density at radius 3 is 2.63 bits per heavy atom. The van der Waals surface area contributed by atoms with E-state index in [1.165, 1.54) is 6.26 Å². The number of aromatic nitrogens is 6. The van der Waals surface area contributed by atoms with Gasteiger partial charge in [0.1, 0.15) is 23.5 Å². The van der Waals surface area contributed by atoms with Crippen LogP contribution in [0.15, 0.2) is 58.5 Å². The van der Waals surface area contributed by atoms with Crippen molar-refractivity contribution in [2.45, 2.75) is 57.5 Å². The van der Waals surface area contributed by atoms with Gasteiger partial charge in [0.15, 0.2) is 11.5 Å². The van der Waals surface area contributed by atoms with Gasteiger partial charge in [0.2, 0.25) is 11.8 Å². The molecule has 0 spiro atoms. The molecule has 6 rings (SSSR count). The number of pyridine rings is 1. The zero-order valence-corrected chi connectivity index (χ0v) is 24.6. The Balaban J connectivity index is 1.27. The van der Waals surface area contributed by atoms with Gasteiger partial charge in [0.05, 0.1) is 26.0 Å². The monoisotopic (exact) mass is 580 g/mol. The second-order valence-corrected chi connectivity index (χ2v) is 11.1. The first-order valence-corrected chi connectivity index (χ1v) is 14.0. The van der Waals surface area contributed by atoms with Crippen molar-refractivity contribution in [2.75, 3.05) is 19.5 Å². The molecule has 43 heavy (non-hydrogen) atoms. The zero-order valence-electron chi connectivity index (χ0n) is 24.6. The molecule has 0 radical (unpaired) electrons. The fraction of sp³-hybridized carbons (Fsp3) is 0.367. The van der Waals surface area contributed by atoms with Crippen LogP contribution in [0.4, 0.5) is 5.95 Å². The van der Waals surface area contributed by atoms with Crippen molar-refractivity contribution < 1.29 is 13.9 Å². The van der Waals surface area contributed by atoms with E-state index in [-0.39, 0.29) is 5.92 Å². The summed E-state index contributed by atoms with van der Waals surface area (Å²) in [6.45, 7) is 6.13. The van der Waals surface area contributed by atoms with Gasteiger partial charge in [-0.15, -0.1) is 5.10 Å². The van der Waals surface area contributed by atoms with E-state index in [1.807, 2.05) is 51.1 Å². The fourth-order valence-corrected chi connectivity index (χ4v) is 5.32. The number of benzene rings is 1. The fourth-order valence-electron chi connectivity index (χ4n) is 5.32. The third-order valence-corrected chi connectivity index (χ3v) is 8.01. The summed E-state index contributed by atoms with van der Waals surface area (Å²) in [7, 11) is 3.25. The summed E-state index contributed by atoms with van der Waals surface area (Å²) >= 11 is 0. The third kappa shape index (κ3) is 5.30. The van der Waals surface area contributed by atoms with Crippen molar-refractivity contribution in [3.63, 3.8) is 0 Å². The van der Waals surface area contributed by atoms with Crippen molar-refractivity contribution >= 4 is 11.6 Å². The molecule has 13 heteroatoms. The van der Waals surface area contributed by atoms with Gasteiger partial charge in [-0.05, 0) is 49.1 Å². The number of nitrogens with one attached hydrogen (secondary N) is 1. The first kappa shape index (κ1) is 28.0. The number of methoxy groups -OCH3 is 2. The highest BCUT2D eigenvalue weighted by Gasteiger charge is 2.36. The average molecular weight is 581 g/mol. The molecule has 1 aliphatic carbocycles. The van der Waals surface area contributed by atoms with E-state index in [9.17, 15) is 0 Å². The molecular weight excluding hydrogens is 548 g/mol. The first-order valence-electron chi connectivity index (χ1n) is 14.0. The number of fused-ring (bicyclic) bond motifs is 1. The number of azide groups is 1. The molecule has 5 aromatic rings. The van der Waals surface area contributed by atoms with Crippen LogP contribution in [0.3, 0.4) is 0 Å². The van der Waals surface area contributed by atoms with Gasteiger partial charge in [-0.1, -0.05) is 25.0 Å². The van der Waals surface area contributed by atoms with Crippen LogP contribution in [0.25, 0.3) is 27.7 Å². The summed E-state index contributed by atoms with van der Waals surface area (Å²) in [6.07, 6.45) is 6.69. The van der Waals surface area contributed by atoms with E-state index < -0.39 is 5.54 Å². The van der Waals surface area contributed by atoms with Crippen molar-refractivity contribution in [3.05, 3.63) is 87.6 Å². The highest BCUT2D eigenvalue weighted by Crippen LogP contribution is 2.46. The van der Waals surface area contributed by atoms with Gasteiger partial charge in [-0.3, -0.25) is 4.98 Å². The zero-order chi connectivity index (χ0) is 30.1. The van der Waals surface area contributed by atoms with Crippen LogP contribution >= 0.6 is 0 Å². The first-order chi connectivity index (χ1) is 20.8. The molecule has 0 bridgehead atoms. The Morgan fingerprint density at radius 2 is 1.95 bits per heavy atom. The van der Waals surface area contributed by atoms with Gasteiger partial charge in [-0.2, -0.15) is 4.52 Å². The Bertz CT molecular complexity index is 1800. The van der Waals surface area contributed by atoms with Crippen molar-refractivity contribution in [1.29, 1.82) is 0 Å². The molecular formula is C30H32N10O3. The van der Waals surface area contributed by atoms with Crippen molar-refractivity contribution in [2.24, 2.45) is 5.11 Å². The molecule has 13 nitrogen and oxygen atoms in total. The molecule has 1 aromatic carbocycles. The minimum atomic E-state index is -0.650. The van der Waals surface area contributed by atoms with Crippen LogP contribution in [0, 0.1) is 6.92 Å². The lowest BCUT2D eigenvalue weighted by atomic mass is 9.72. The van der Waals surface area contributed by atoms with E-state index in [0.717, 1.165) is 41.1 Å². The van der Waals surface area contributed by atoms with E-state index in [2.05, 4.69) is 25.3 Å². The number of oxazole rings is 1. The van der Waals surface area contributed by atoms with Gasteiger partial charge in [0.25, 0.3) is 0 Å². The summed E-state index contributed by atoms with van der Waals surface area (Å²) in [5.41, 5.74) is 13.1. The number of anilines is 1. The van der Waals surface area contributed by atoms with Gasteiger partial charge >= 0.3 is 0 Å². The van der Waals surface area contributed by atoms with Crippen LogP contribution in [-0.4, -0.2) is 43.8 Å². The molecule has 0 unspecified atom stereocenters. The molecule has 1 N–H and O–H groups in total. The summed E-state index contributed by atoms with van der Waals surface area (Å²) in [5, 5.41) is 12.2. The molecule has 0 aliphatic heterocycles. The largest absolute Gasteiger partial charge is 0.497 e. The maximum Gasteiger partial charge on any atom is 0.245 e. The standard InChI is InChI=1S/C30H32N10O3/c1-17-25(28-32-10-11-43-28)35-29(34-15-18-6-8-22(41-4)14-24(18)42-5)40-27(17)36-26(37-40)20-12-19(13-20)23-9-7-21(16-33-23)30(2,3)38-39-31/h6-11,14,16,19-20H,12-13,15H2,1-5H3,(H,34,35)/t19-,20+. The van der Waals surface area contributed by atoms with Crippen molar-refractivity contribution in [1.82, 2.24) is 29.5 Å². The number of rotatable bonds is 10. The minimum absolute atomic E-state index is 0.185. The highest BCUT2D eigenvalue weighted by atomic mass is 16.5. The average Bonchev–Trinajstić information content (AvgIpc) is 3.68. The molecule has 0 amide bonds. The Kier molecular flexibility index (Phi) is 7.32. The van der Waals surface area contributed by atoms with Crippen LogP contribution in [0.5, 0.6) is 11.5 Å². The van der Waals surface area contributed by atoms with E-state index in [1.54, 1.807) is 31.1 Å². The normalized spacial score (nSPS) is 16.4. The van der Waals surface area contributed by atoms with Gasteiger partial charge in [0, 0.05) is 52.4 Å². The Morgan fingerprint density at radius 1 is 1.12 bits per heavy atom. The quantitative estimate of drug-likeness (QED) is 0.113. The number of hydrogen-bond donors (Lipinski definition) is 1. The Hall–Kier alpha value is -5.16. The lowest BCUT2D eigenvalue weighted by Crippen LogP contribution is -2.22. The van der Waals surface area contributed by atoms with Crippen LogP contribution < -0.4 is 14.8 Å². The van der Waals surface area contributed by atoms with Crippen LogP contribution in [0.1, 0.15) is 66.7 Å². The molecule has 0 atom stereocenters. The number of nitrogens with zero attached hydrogens (tertiary/aromatic N) is 9. The van der Waals surface area contributed by atoms with Crippen molar-refractivity contribution in [3.8, 4) is 23.1 Å². The SMILES string of the molecule is COc1ccc(CNc2nc(-c3ncco3)c(C)c3nc([C@H]4C[C@@H](c5ccc(C(C)(C)N=[N+]=[N-])cn5)C4)nn23)c(OC)c1. The molecule has 1 fully saturated rings.